The molecule has 2 atom stereocenters. The summed E-state index contributed by atoms with van der Waals surface area (Å²) in [5.74, 6) is 0.879. The topological polar surface area (TPSA) is 86.7 Å². The summed E-state index contributed by atoms with van der Waals surface area (Å²) in [4.78, 5) is 16.4. The lowest BCUT2D eigenvalue weighted by Crippen LogP contribution is -2.27. The minimum Gasteiger partial charge on any atom is -0.443 e. The van der Waals surface area contributed by atoms with Crippen LogP contribution in [0, 0.1) is 0 Å². The smallest absolute Gasteiger partial charge is 0.353 e. The number of rotatable bonds is 15. The quantitative estimate of drug-likeness (QED) is 0.407. The molecule has 3 rings (SSSR count). The van der Waals surface area contributed by atoms with Crippen molar-refractivity contribution in [1.29, 1.82) is 0 Å². The molecule has 0 saturated carbocycles. The van der Waals surface area contributed by atoms with E-state index in [1.54, 1.807) is 6.20 Å². The van der Waals surface area contributed by atoms with Crippen LogP contribution in [0.25, 0.3) is 11.1 Å². The Labute approximate surface area is 184 Å². The molecule has 7 heteroatoms. The van der Waals surface area contributed by atoms with Crippen molar-refractivity contribution >= 4 is 11.1 Å². The largest absolute Gasteiger partial charge is 0.443 e. The Morgan fingerprint density at radius 2 is 1.84 bits per heavy atom. The third-order valence-electron chi connectivity index (χ3n) is 5.94. The maximum atomic E-state index is 12.3. The highest BCUT2D eigenvalue weighted by Gasteiger charge is 2.27. The van der Waals surface area contributed by atoms with Gasteiger partial charge in [0.1, 0.15) is 12.0 Å². The van der Waals surface area contributed by atoms with Gasteiger partial charge in [0.15, 0.2) is 0 Å². The first-order valence-corrected chi connectivity index (χ1v) is 12.1. The van der Waals surface area contributed by atoms with Crippen molar-refractivity contribution in [3.63, 3.8) is 0 Å². The average molecular weight is 435 g/mol. The summed E-state index contributed by atoms with van der Waals surface area (Å²) in [6, 6.07) is 1.98. The van der Waals surface area contributed by atoms with Gasteiger partial charge in [-0.15, -0.1) is 0 Å². The van der Waals surface area contributed by atoms with Crippen LogP contribution in [0.15, 0.2) is 21.5 Å². The number of aliphatic hydroxyl groups is 1. The van der Waals surface area contributed by atoms with Crippen LogP contribution in [0.2, 0.25) is 0 Å². The third-order valence-corrected chi connectivity index (χ3v) is 5.94. The number of aryl methyl sites for hydroxylation is 1. The number of ether oxygens (including phenoxy) is 2. The maximum absolute atomic E-state index is 12.3. The number of hydrogen-bond donors (Lipinski definition) is 1. The van der Waals surface area contributed by atoms with Crippen molar-refractivity contribution in [2.24, 2.45) is 0 Å². The molecule has 0 unspecified atom stereocenters. The molecular formula is C24H38N2O5. The van der Waals surface area contributed by atoms with Crippen LogP contribution in [-0.4, -0.2) is 40.6 Å². The zero-order valence-electron chi connectivity index (χ0n) is 18.9. The zero-order chi connectivity index (χ0) is 21.9. The molecule has 31 heavy (non-hydrogen) atoms. The highest BCUT2D eigenvalue weighted by Crippen LogP contribution is 2.28. The van der Waals surface area contributed by atoms with Crippen LogP contribution in [0.4, 0.5) is 0 Å². The standard InChI is InChI=1S/C24H38N2O5/c1-2-3-14-29-15-10-8-6-4-5-7-9-11-20-16-19-17-26(24(28)25-23(19)31-20)22-13-12-21(18-27)30-22/h16-17,21-22,27H,2-15,18H2,1H3/t21-,22+/m0/s1. The first-order valence-electron chi connectivity index (χ1n) is 12.1. The fraction of sp³-hybridized carbons (Fsp3) is 0.750. The van der Waals surface area contributed by atoms with E-state index >= 15 is 0 Å². The molecule has 1 aliphatic heterocycles. The Morgan fingerprint density at radius 3 is 2.58 bits per heavy atom. The minimum atomic E-state index is -0.368. The molecule has 0 aromatic carbocycles. The summed E-state index contributed by atoms with van der Waals surface area (Å²) in [6.07, 6.45) is 14.4. The van der Waals surface area contributed by atoms with Crippen molar-refractivity contribution in [2.45, 2.75) is 96.3 Å². The monoisotopic (exact) mass is 434 g/mol. The molecule has 0 spiro atoms. The van der Waals surface area contributed by atoms with Gasteiger partial charge in [-0.2, -0.15) is 4.98 Å². The van der Waals surface area contributed by atoms with E-state index in [4.69, 9.17) is 13.9 Å². The van der Waals surface area contributed by atoms with Crippen molar-refractivity contribution in [2.75, 3.05) is 19.8 Å². The number of nitrogens with zero attached hydrogens (tertiary/aromatic N) is 2. The van der Waals surface area contributed by atoms with E-state index < -0.39 is 0 Å². The van der Waals surface area contributed by atoms with Gasteiger partial charge in [0.05, 0.1) is 18.1 Å². The van der Waals surface area contributed by atoms with Crippen molar-refractivity contribution in [3.05, 3.63) is 28.5 Å². The van der Waals surface area contributed by atoms with Crippen LogP contribution < -0.4 is 5.69 Å². The van der Waals surface area contributed by atoms with Crippen LogP contribution in [0.3, 0.4) is 0 Å². The Kier molecular flexibility index (Phi) is 10.0. The number of fused-ring (bicyclic) bond motifs is 1. The van der Waals surface area contributed by atoms with Crippen LogP contribution in [0.1, 0.15) is 89.5 Å². The Morgan fingerprint density at radius 1 is 1.10 bits per heavy atom. The zero-order valence-corrected chi connectivity index (χ0v) is 18.9. The molecule has 2 aromatic rings. The Bertz CT molecular complexity index is 831. The predicted molar refractivity (Wildman–Crippen MR) is 120 cm³/mol. The van der Waals surface area contributed by atoms with E-state index in [1.165, 1.54) is 55.9 Å². The molecule has 0 radical (unpaired) electrons. The van der Waals surface area contributed by atoms with E-state index in [0.717, 1.165) is 43.6 Å². The molecule has 174 valence electrons. The molecule has 0 aliphatic carbocycles. The molecule has 1 aliphatic rings. The number of aliphatic hydroxyl groups excluding tert-OH is 1. The highest BCUT2D eigenvalue weighted by molar-refractivity contribution is 5.72. The molecule has 7 nitrogen and oxygen atoms in total. The van der Waals surface area contributed by atoms with Crippen molar-refractivity contribution in [3.8, 4) is 0 Å². The van der Waals surface area contributed by atoms with Gasteiger partial charge in [-0.25, -0.2) is 4.79 Å². The van der Waals surface area contributed by atoms with Gasteiger partial charge in [-0.05, 0) is 38.2 Å². The van der Waals surface area contributed by atoms with Gasteiger partial charge in [0.25, 0.3) is 0 Å². The predicted octanol–water partition coefficient (Wildman–Crippen LogP) is 4.75. The fourth-order valence-corrected chi connectivity index (χ4v) is 4.07. The SMILES string of the molecule is CCCCOCCCCCCCCCc1cc2cn([C@H]3CC[C@@H](CO)O3)c(=O)nc2o1. The molecule has 0 bridgehead atoms. The summed E-state index contributed by atoms with van der Waals surface area (Å²) in [7, 11) is 0. The summed E-state index contributed by atoms with van der Waals surface area (Å²) in [5, 5.41) is 10.1. The van der Waals surface area contributed by atoms with Gasteiger partial charge in [-0.1, -0.05) is 45.4 Å². The van der Waals surface area contributed by atoms with Gasteiger partial charge in [-0.3, -0.25) is 4.57 Å². The van der Waals surface area contributed by atoms with Crippen LogP contribution >= 0.6 is 0 Å². The second-order valence-electron chi connectivity index (χ2n) is 8.57. The van der Waals surface area contributed by atoms with Crippen molar-refractivity contribution in [1.82, 2.24) is 9.55 Å². The fourth-order valence-electron chi connectivity index (χ4n) is 4.07. The molecule has 1 saturated heterocycles. The minimum absolute atomic E-state index is 0.0236. The molecule has 1 fully saturated rings. The number of hydrogen-bond acceptors (Lipinski definition) is 6. The van der Waals surface area contributed by atoms with Crippen LogP contribution in [-0.2, 0) is 15.9 Å². The Hall–Kier alpha value is -1.70. The molecule has 0 amide bonds. The van der Waals surface area contributed by atoms with E-state index in [0.29, 0.717) is 12.1 Å². The molecule has 2 aromatic heterocycles. The normalized spacial score (nSPS) is 18.9. The summed E-state index contributed by atoms with van der Waals surface area (Å²) in [6.45, 7) is 3.97. The van der Waals surface area contributed by atoms with Crippen LogP contribution in [0.5, 0.6) is 0 Å². The molecular weight excluding hydrogens is 396 g/mol. The van der Waals surface area contributed by atoms with E-state index in [9.17, 15) is 9.90 Å². The second kappa shape index (κ2) is 13.0. The van der Waals surface area contributed by atoms with Crippen molar-refractivity contribution < 1.29 is 19.0 Å². The highest BCUT2D eigenvalue weighted by atomic mass is 16.5. The molecule has 3 heterocycles. The van der Waals surface area contributed by atoms with Gasteiger partial charge in [0.2, 0.25) is 5.71 Å². The summed E-state index contributed by atoms with van der Waals surface area (Å²) < 4.78 is 18.6. The first kappa shape index (κ1) is 24.0. The lowest BCUT2D eigenvalue weighted by molar-refractivity contribution is -0.0243. The Balaban J connectivity index is 1.34. The number of aromatic nitrogens is 2. The maximum Gasteiger partial charge on any atom is 0.353 e. The number of furan rings is 1. The molecule has 1 N–H and O–H groups in total. The van der Waals surface area contributed by atoms with E-state index in [1.807, 2.05) is 6.07 Å². The second-order valence-corrected chi connectivity index (χ2v) is 8.57. The van der Waals surface area contributed by atoms with Gasteiger partial charge < -0.3 is 19.0 Å². The van der Waals surface area contributed by atoms with E-state index in [-0.39, 0.29) is 24.6 Å². The summed E-state index contributed by atoms with van der Waals surface area (Å²) >= 11 is 0. The summed E-state index contributed by atoms with van der Waals surface area (Å²) in [5.41, 5.74) is 0.0295. The number of unbranched alkanes of at least 4 members (excludes halogenated alkanes) is 7. The van der Waals surface area contributed by atoms with Gasteiger partial charge in [0, 0.05) is 25.8 Å². The lowest BCUT2D eigenvalue weighted by Gasteiger charge is -2.14. The van der Waals surface area contributed by atoms with E-state index in [2.05, 4.69) is 11.9 Å². The van der Waals surface area contributed by atoms with Gasteiger partial charge >= 0.3 is 5.69 Å². The third kappa shape index (κ3) is 7.44. The lowest BCUT2D eigenvalue weighted by atomic mass is 10.1. The average Bonchev–Trinajstić information content (AvgIpc) is 3.40. The first-order chi connectivity index (χ1) is 15.2.